The Kier molecular flexibility index (Phi) is 5.85. The van der Waals surface area contributed by atoms with E-state index in [0.717, 1.165) is 25.7 Å². The Morgan fingerprint density at radius 3 is 2.61 bits per heavy atom. The van der Waals surface area contributed by atoms with Gasteiger partial charge in [0.15, 0.2) is 0 Å². The maximum Gasteiger partial charge on any atom is 0.323 e. The molecule has 0 spiro atoms. The van der Waals surface area contributed by atoms with E-state index in [2.05, 4.69) is 6.58 Å². The number of carboxylic acids is 1. The van der Waals surface area contributed by atoms with E-state index in [1.807, 2.05) is 0 Å². The number of carbonyl (C=O) groups excluding carboxylic acids is 1. The number of nitrogens with two attached hydrogens (primary N) is 1. The highest BCUT2D eigenvalue weighted by Gasteiger charge is 2.33. The minimum atomic E-state index is -0.995. The molecule has 2 unspecified atom stereocenters. The first-order valence-corrected chi connectivity index (χ1v) is 6.41. The lowest BCUT2D eigenvalue weighted by molar-refractivity contribution is -0.147. The molecular formula is C13H22N2O3. The third-order valence-electron chi connectivity index (χ3n) is 3.52. The van der Waals surface area contributed by atoms with Crippen LogP contribution in [0.3, 0.4) is 0 Å². The molecule has 0 heterocycles. The highest BCUT2D eigenvalue weighted by molar-refractivity contribution is 5.83. The summed E-state index contributed by atoms with van der Waals surface area (Å²) in [7, 11) is 0. The van der Waals surface area contributed by atoms with Gasteiger partial charge in [-0.05, 0) is 25.3 Å². The zero-order valence-electron chi connectivity index (χ0n) is 10.7. The third kappa shape index (κ3) is 3.84. The minimum Gasteiger partial charge on any atom is -0.480 e. The van der Waals surface area contributed by atoms with E-state index in [-0.39, 0.29) is 30.8 Å². The zero-order valence-corrected chi connectivity index (χ0v) is 10.7. The lowest BCUT2D eigenvalue weighted by atomic mass is 9.78. The molecule has 0 bridgehead atoms. The molecule has 102 valence electrons. The first-order chi connectivity index (χ1) is 8.60. The number of carboxylic acid groups (broad SMARTS) is 1. The molecule has 2 atom stereocenters. The van der Waals surface area contributed by atoms with Gasteiger partial charge in [-0.25, -0.2) is 0 Å². The Hall–Kier alpha value is -1.36. The van der Waals surface area contributed by atoms with Crippen molar-refractivity contribution in [2.75, 3.05) is 19.6 Å². The fourth-order valence-corrected chi connectivity index (χ4v) is 2.60. The Morgan fingerprint density at radius 1 is 1.39 bits per heavy atom. The van der Waals surface area contributed by atoms with Crippen LogP contribution in [0, 0.1) is 11.8 Å². The number of hydrogen-bond acceptors (Lipinski definition) is 3. The number of nitrogens with zero attached hydrogens (tertiary/aromatic N) is 1. The van der Waals surface area contributed by atoms with Crippen molar-refractivity contribution in [2.24, 2.45) is 17.6 Å². The second-order valence-corrected chi connectivity index (χ2v) is 4.79. The van der Waals surface area contributed by atoms with Crippen LogP contribution >= 0.6 is 0 Å². The maximum atomic E-state index is 12.4. The third-order valence-corrected chi connectivity index (χ3v) is 3.52. The van der Waals surface area contributed by atoms with Crippen molar-refractivity contribution in [3.63, 3.8) is 0 Å². The second-order valence-electron chi connectivity index (χ2n) is 4.79. The lowest BCUT2D eigenvalue weighted by Gasteiger charge is -2.33. The fourth-order valence-electron chi connectivity index (χ4n) is 2.60. The van der Waals surface area contributed by atoms with Gasteiger partial charge in [-0.1, -0.05) is 18.9 Å². The standard InChI is InChI=1S/C13H22N2O3/c1-2-7-15(9-12(16)17)13(18)11-6-4-3-5-10(11)8-14/h2,10-11H,1,3-9,14H2,(H,16,17). The van der Waals surface area contributed by atoms with E-state index in [1.54, 1.807) is 6.08 Å². The van der Waals surface area contributed by atoms with Crippen molar-refractivity contribution in [3.05, 3.63) is 12.7 Å². The smallest absolute Gasteiger partial charge is 0.323 e. The first kappa shape index (κ1) is 14.7. The van der Waals surface area contributed by atoms with Crippen molar-refractivity contribution < 1.29 is 14.7 Å². The average Bonchev–Trinajstić information content (AvgIpc) is 2.37. The molecule has 1 fully saturated rings. The second kappa shape index (κ2) is 7.16. The van der Waals surface area contributed by atoms with E-state index in [9.17, 15) is 9.59 Å². The Balaban J connectivity index is 2.73. The van der Waals surface area contributed by atoms with Crippen molar-refractivity contribution >= 4 is 11.9 Å². The molecule has 0 aromatic carbocycles. The number of amides is 1. The van der Waals surface area contributed by atoms with Gasteiger partial charge in [0, 0.05) is 12.5 Å². The van der Waals surface area contributed by atoms with Gasteiger partial charge in [0.2, 0.25) is 5.91 Å². The molecule has 0 aromatic rings. The number of carbonyl (C=O) groups is 2. The number of rotatable bonds is 6. The molecule has 1 aliphatic carbocycles. The molecule has 5 heteroatoms. The highest BCUT2D eigenvalue weighted by atomic mass is 16.4. The Morgan fingerprint density at radius 2 is 2.06 bits per heavy atom. The van der Waals surface area contributed by atoms with Gasteiger partial charge in [-0.3, -0.25) is 9.59 Å². The van der Waals surface area contributed by atoms with E-state index in [4.69, 9.17) is 10.8 Å². The topological polar surface area (TPSA) is 83.6 Å². The minimum absolute atomic E-state index is 0.0903. The molecule has 1 rings (SSSR count). The van der Waals surface area contributed by atoms with Gasteiger partial charge >= 0.3 is 5.97 Å². The fraction of sp³-hybridized carbons (Fsp3) is 0.692. The summed E-state index contributed by atoms with van der Waals surface area (Å²) in [6.45, 7) is 4.07. The number of aliphatic carboxylic acids is 1. The summed E-state index contributed by atoms with van der Waals surface area (Å²) < 4.78 is 0. The van der Waals surface area contributed by atoms with Crippen molar-refractivity contribution in [1.82, 2.24) is 4.90 Å². The van der Waals surface area contributed by atoms with Crippen LogP contribution in [0.1, 0.15) is 25.7 Å². The first-order valence-electron chi connectivity index (χ1n) is 6.41. The van der Waals surface area contributed by atoms with Crippen LogP contribution in [0.5, 0.6) is 0 Å². The molecule has 1 aliphatic rings. The van der Waals surface area contributed by atoms with E-state index in [1.165, 1.54) is 4.90 Å². The van der Waals surface area contributed by atoms with Crippen molar-refractivity contribution in [1.29, 1.82) is 0 Å². The molecule has 1 amide bonds. The van der Waals surface area contributed by atoms with Crippen molar-refractivity contribution in [3.8, 4) is 0 Å². The summed E-state index contributed by atoms with van der Waals surface area (Å²) in [6, 6.07) is 0. The van der Waals surface area contributed by atoms with Gasteiger partial charge in [0.1, 0.15) is 6.54 Å². The molecule has 0 aliphatic heterocycles. The monoisotopic (exact) mass is 254 g/mol. The summed E-state index contributed by atoms with van der Waals surface area (Å²) in [5.74, 6) is -1.02. The molecule has 1 saturated carbocycles. The van der Waals surface area contributed by atoms with Gasteiger partial charge in [-0.2, -0.15) is 0 Å². The largest absolute Gasteiger partial charge is 0.480 e. The molecule has 0 aromatic heterocycles. The van der Waals surface area contributed by atoms with Crippen LogP contribution in [-0.2, 0) is 9.59 Å². The van der Waals surface area contributed by atoms with Gasteiger partial charge in [-0.15, -0.1) is 6.58 Å². The average molecular weight is 254 g/mol. The molecule has 18 heavy (non-hydrogen) atoms. The van der Waals surface area contributed by atoms with Gasteiger partial charge < -0.3 is 15.7 Å². The van der Waals surface area contributed by atoms with Crippen LogP contribution in [0.15, 0.2) is 12.7 Å². The summed E-state index contributed by atoms with van der Waals surface area (Å²) in [6.07, 6.45) is 5.45. The van der Waals surface area contributed by atoms with Gasteiger partial charge in [0.25, 0.3) is 0 Å². The predicted molar refractivity (Wildman–Crippen MR) is 68.9 cm³/mol. The summed E-state index contributed by atoms with van der Waals surface area (Å²) >= 11 is 0. The normalized spacial score (nSPS) is 23.4. The Bertz CT molecular complexity index is 317. The summed E-state index contributed by atoms with van der Waals surface area (Å²) in [5, 5.41) is 8.83. The summed E-state index contributed by atoms with van der Waals surface area (Å²) in [5.41, 5.74) is 5.70. The van der Waals surface area contributed by atoms with Crippen LogP contribution < -0.4 is 5.73 Å². The molecule has 3 N–H and O–H groups in total. The quantitative estimate of drug-likeness (QED) is 0.688. The molecule has 0 radical (unpaired) electrons. The van der Waals surface area contributed by atoms with Crippen LogP contribution in [-0.4, -0.2) is 41.5 Å². The van der Waals surface area contributed by atoms with Crippen LogP contribution in [0.2, 0.25) is 0 Å². The highest BCUT2D eigenvalue weighted by Crippen LogP contribution is 2.30. The molecule has 5 nitrogen and oxygen atoms in total. The zero-order chi connectivity index (χ0) is 13.5. The maximum absolute atomic E-state index is 12.4. The van der Waals surface area contributed by atoms with E-state index < -0.39 is 5.97 Å². The Labute approximate surface area is 108 Å². The lowest BCUT2D eigenvalue weighted by Crippen LogP contribution is -2.44. The van der Waals surface area contributed by atoms with Crippen LogP contribution in [0.4, 0.5) is 0 Å². The number of hydrogen-bond donors (Lipinski definition) is 2. The van der Waals surface area contributed by atoms with Crippen molar-refractivity contribution in [2.45, 2.75) is 25.7 Å². The van der Waals surface area contributed by atoms with Crippen LogP contribution in [0.25, 0.3) is 0 Å². The van der Waals surface area contributed by atoms with Gasteiger partial charge in [0.05, 0.1) is 0 Å². The SMILES string of the molecule is C=CCN(CC(=O)O)C(=O)C1CCCCC1CN. The molecular weight excluding hydrogens is 232 g/mol. The molecule has 0 saturated heterocycles. The summed E-state index contributed by atoms with van der Waals surface area (Å²) in [4.78, 5) is 24.5. The predicted octanol–water partition coefficient (Wildman–Crippen LogP) is 0.851. The van der Waals surface area contributed by atoms with E-state index >= 15 is 0 Å². The van der Waals surface area contributed by atoms with E-state index in [0.29, 0.717) is 6.54 Å².